The van der Waals surface area contributed by atoms with Crippen LogP contribution in [0.25, 0.3) is 0 Å². The van der Waals surface area contributed by atoms with Gasteiger partial charge in [0.05, 0.1) is 24.6 Å². The smallest absolute Gasteiger partial charge is 0.253 e. The quantitative estimate of drug-likeness (QED) is 0.776. The van der Waals surface area contributed by atoms with E-state index in [1.54, 1.807) is 7.11 Å². The molecule has 0 aliphatic carbocycles. The van der Waals surface area contributed by atoms with Gasteiger partial charge in [-0.15, -0.1) is 0 Å². The first-order valence-electron chi connectivity index (χ1n) is 7.30. The number of para-hydroxylation sites is 2. The molecule has 21 heavy (non-hydrogen) atoms. The predicted octanol–water partition coefficient (Wildman–Crippen LogP) is 1.77. The maximum Gasteiger partial charge on any atom is 0.253 e. The van der Waals surface area contributed by atoms with Crippen LogP contribution >= 0.6 is 0 Å². The third-order valence-electron chi connectivity index (χ3n) is 3.62. The van der Waals surface area contributed by atoms with Crippen LogP contribution in [0.4, 0.5) is 11.4 Å². The van der Waals surface area contributed by atoms with Crippen molar-refractivity contribution in [3.05, 3.63) is 24.3 Å². The Labute approximate surface area is 126 Å². The van der Waals surface area contributed by atoms with Crippen molar-refractivity contribution in [1.29, 1.82) is 0 Å². The standard InChI is InChI=1S/C16H24N2O3/c1-13-10-17(2)14-6-4-5-7-15(14)18(11-13)16(19)12-21-9-8-20-3/h4-7,13H,8-12H2,1-3H3/t13-/m0/s1. The fraction of sp³-hybridized carbons (Fsp3) is 0.562. The first-order chi connectivity index (χ1) is 10.1. The Hall–Kier alpha value is -1.59. The largest absolute Gasteiger partial charge is 0.382 e. The summed E-state index contributed by atoms with van der Waals surface area (Å²) in [5.74, 6) is 0.408. The van der Waals surface area contributed by atoms with Crippen molar-refractivity contribution in [2.75, 3.05) is 56.9 Å². The summed E-state index contributed by atoms with van der Waals surface area (Å²) in [4.78, 5) is 16.5. The van der Waals surface area contributed by atoms with Crippen LogP contribution in [0.3, 0.4) is 0 Å². The molecule has 0 saturated heterocycles. The molecule has 1 aliphatic heterocycles. The van der Waals surface area contributed by atoms with Crippen LogP contribution < -0.4 is 9.80 Å². The van der Waals surface area contributed by atoms with Crippen molar-refractivity contribution in [2.45, 2.75) is 6.92 Å². The fourth-order valence-corrected chi connectivity index (χ4v) is 2.66. The average Bonchev–Trinajstić information content (AvgIpc) is 2.61. The van der Waals surface area contributed by atoms with Gasteiger partial charge < -0.3 is 19.3 Å². The maximum atomic E-state index is 12.5. The third kappa shape index (κ3) is 3.95. The zero-order valence-electron chi connectivity index (χ0n) is 13.0. The average molecular weight is 292 g/mol. The van der Waals surface area contributed by atoms with Crippen LogP contribution in [-0.4, -0.2) is 53.0 Å². The molecule has 1 aromatic carbocycles. The van der Waals surface area contributed by atoms with E-state index in [9.17, 15) is 4.79 Å². The molecular formula is C16H24N2O3. The van der Waals surface area contributed by atoms with Crippen molar-refractivity contribution < 1.29 is 14.3 Å². The molecule has 0 fully saturated rings. The van der Waals surface area contributed by atoms with Gasteiger partial charge in [-0.2, -0.15) is 0 Å². The molecular weight excluding hydrogens is 268 g/mol. The van der Waals surface area contributed by atoms with Gasteiger partial charge in [0.15, 0.2) is 0 Å². The molecule has 1 aliphatic rings. The van der Waals surface area contributed by atoms with E-state index in [4.69, 9.17) is 9.47 Å². The summed E-state index contributed by atoms with van der Waals surface area (Å²) in [6.45, 7) is 4.85. The van der Waals surface area contributed by atoms with Crippen molar-refractivity contribution in [3.8, 4) is 0 Å². The summed E-state index contributed by atoms with van der Waals surface area (Å²) >= 11 is 0. The van der Waals surface area contributed by atoms with E-state index in [1.165, 1.54) is 0 Å². The lowest BCUT2D eigenvalue weighted by Gasteiger charge is -2.24. The number of anilines is 2. The third-order valence-corrected chi connectivity index (χ3v) is 3.62. The molecule has 2 rings (SSSR count). The Bertz CT molecular complexity index is 478. The highest BCUT2D eigenvalue weighted by atomic mass is 16.5. The Morgan fingerprint density at radius 1 is 1.24 bits per heavy atom. The van der Waals surface area contributed by atoms with E-state index >= 15 is 0 Å². The molecule has 0 saturated carbocycles. The second-order valence-corrected chi connectivity index (χ2v) is 5.52. The number of methoxy groups -OCH3 is 1. The minimum Gasteiger partial charge on any atom is -0.382 e. The monoisotopic (exact) mass is 292 g/mol. The molecule has 0 spiro atoms. The molecule has 1 amide bonds. The molecule has 0 aromatic heterocycles. The maximum absolute atomic E-state index is 12.5. The molecule has 5 heteroatoms. The number of hydrogen-bond donors (Lipinski definition) is 0. The Morgan fingerprint density at radius 3 is 2.67 bits per heavy atom. The molecule has 0 unspecified atom stereocenters. The van der Waals surface area contributed by atoms with Crippen LogP contribution in [0.5, 0.6) is 0 Å². The summed E-state index contributed by atoms with van der Waals surface area (Å²) in [5, 5.41) is 0. The Morgan fingerprint density at radius 2 is 1.95 bits per heavy atom. The first kappa shape index (κ1) is 15.8. The lowest BCUT2D eigenvalue weighted by molar-refractivity contribution is -0.123. The van der Waals surface area contributed by atoms with Gasteiger partial charge >= 0.3 is 0 Å². The number of nitrogens with zero attached hydrogens (tertiary/aromatic N) is 2. The molecule has 116 valence electrons. The van der Waals surface area contributed by atoms with Crippen LogP contribution in [0, 0.1) is 5.92 Å². The number of rotatable bonds is 5. The van der Waals surface area contributed by atoms with Crippen molar-refractivity contribution in [3.63, 3.8) is 0 Å². The van der Waals surface area contributed by atoms with Crippen molar-refractivity contribution in [2.24, 2.45) is 5.92 Å². The van der Waals surface area contributed by atoms with Crippen LogP contribution in [0.15, 0.2) is 24.3 Å². The minimum atomic E-state index is 0.000651. The number of carbonyl (C=O) groups excluding carboxylic acids is 1. The van der Waals surface area contributed by atoms with E-state index < -0.39 is 0 Å². The SMILES string of the molecule is COCCOCC(=O)N1C[C@@H](C)CN(C)c2ccccc21. The first-order valence-corrected chi connectivity index (χ1v) is 7.30. The van der Waals surface area contributed by atoms with Crippen molar-refractivity contribution in [1.82, 2.24) is 0 Å². The molecule has 0 N–H and O–H groups in total. The lowest BCUT2D eigenvalue weighted by Crippen LogP contribution is -2.37. The summed E-state index contributed by atoms with van der Waals surface area (Å²) in [6.07, 6.45) is 0. The van der Waals surface area contributed by atoms with E-state index in [0.717, 1.165) is 17.9 Å². The van der Waals surface area contributed by atoms with E-state index in [-0.39, 0.29) is 12.5 Å². The fourth-order valence-electron chi connectivity index (χ4n) is 2.66. The number of ether oxygens (including phenoxy) is 2. The summed E-state index contributed by atoms with van der Waals surface area (Å²) < 4.78 is 10.3. The molecule has 0 bridgehead atoms. The summed E-state index contributed by atoms with van der Waals surface area (Å²) in [6, 6.07) is 8.02. The van der Waals surface area contributed by atoms with E-state index in [0.29, 0.717) is 25.7 Å². The number of hydrogen-bond acceptors (Lipinski definition) is 4. The molecule has 5 nitrogen and oxygen atoms in total. The van der Waals surface area contributed by atoms with Crippen LogP contribution in [-0.2, 0) is 14.3 Å². The van der Waals surface area contributed by atoms with Crippen LogP contribution in [0.1, 0.15) is 6.92 Å². The van der Waals surface area contributed by atoms with Gasteiger partial charge in [-0.25, -0.2) is 0 Å². The second kappa shape index (κ2) is 7.43. The molecule has 1 aromatic rings. The minimum absolute atomic E-state index is 0.000651. The summed E-state index contributed by atoms with van der Waals surface area (Å²) in [7, 11) is 3.69. The number of amides is 1. The Balaban J connectivity index is 2.13. The van der Waals surface area contributed by atoms with E-state index in [1.807, 2.05) is 23.1 Å². The van der Waals surface area contributed by atoms with Crippen molar-refractivity contribution >= 4 is 17.3 Å². The number of fused-ring (bicyclic) bond motifs is 1. The zero-order valence-corrected chi connectivity index (χ0v) is 13.0. The number of benzene rings is 1. The Kier molecular flexibility index (Phi) is 5.59. The second-order valence-electron chi connectivity index (χ2n) is 5.52. The van der Waals surface area contributed by atoms with Gasteiger partial charge in [0.1, 0.15) is 6.61 Å². The molecule has 1 heterocycles. The summed E-state index contributed by atoms with van der Waals surface area (Å²) in [5.41, 5.74) is 2.05. The van der Waals surface area contributed by atoms with Gasteiger partial charge in [-0.3, -0.25) is 4.79 Å². The number of carbonyl (C=O) groups is 1. The highest BCUT2D eigenvalue weighted by Crippen LogP contribution is 2.32. The van der Waals surface area contributed by atoms with E-state index in [2.05, 4.69) is 24.9 Å². The lowest BCUT2D eigenvalue weighted by atomic mass is 10.1. The van der Waals surface area contributed by atoms with Crippen LogP contribution in [0.2, 0.25) is 0 Å². The molecule has 1 atom stereocenters. The van der Waals surface area contributed by atoms with Gasteiger partial charge in [-0.05, 0) is 18.1 Å². The highest BCUT2D eigenvalue weighted by molar-refractivity contribution is 5.98. The van der Waals surface area contributed by atoms with Gasteiger partial charge in [-0.1, -0.05) is 19.1 Å². The normalized spacial score (nSPS) is 18.3. The van der Waals surface area contributed by atoms with Gasteiger partial charge in [0, 0.05) is 27.2 Å². The van der Waals surface area contributed by atoms with Gasteiger partial charge in [0.25, 0.3) is 5.91 Å². The molecule has 0 radical (unpaired) electrons. The van der Waals surface area contributed by atoms with Gasteiger partial charge in [0.2, 0.25) is 0 Å². The zero-order chi connectivity index (χ0) is 15.2. The highest BCUT2D eigenvalue weighted by Gasteiger charge is 2.26. The topological polar surface area (TPSA) is 42.0 Å². The predicted molar refractivity (Wildman–Crippen MR) is 83.9 cm³/mol.